The molecule has 0 amide bonds. The van der Waals surface area contributed by atoms with Gasteiger partial charge in [0.05, 0.1) is 11.0 Å². The maximum Gasteiger partial charge on any atom is 0.243 e. The summed E-state index contributed by atoms with van der Waals surface area (Å²) in [5.74, 6) is 0. The van der Waals surface area contributed by atoms with Crippen molar-refractivity contribution in [3.05, 3.63) is 60.4 Å². The number of nitrogens with zero attached hydrogens (tertiary/aromatic N) is 3. The van der Waals surface area contributed by atoms with Crippen LogP contribution in [0.5, 0.6) is 0 Å². The molecule has 8 heteroatoms. The predicted molar refractivity (Wildman–Crippen MR) is 102 cm³/mol. The van der Waals surface area contributed by atoms with Gasteiger partial charge in [-0.1, -0.05) is 24.3 Å². The molecule has 2 heterocycles. The van der Waals surface area contributed by atoms with Crippen molar-refractivity contribution in [2.45, 2.75) is 23.0 Å². The van der Waals surface area contributed by atoms with Gasteiger partial charge in [-0.2, -0.15) is 4.31 Å². The number of likely N-dealkylation sites (N-methyl/N-ethyl adjacent to an activating group) is 1. The van der Waals surface area contributed by atoms with Crippen molar-refractivity contribution < 1.29 is 18.6 Å². The lowest BCUT2D eigenvalue weighted by atomic mass is 10.00. The largest absolute Gasteiger partial charge is 0.389 e. The molecule has 7 nitrogen and oxygen atoms in total. The molecule has 0 saturated carbocycles. The van der Waals surface area contributed by atoms with Crippen molar-refractivity contribution in [2.75, 3.05) is 33.2 Å². The summed E-state index contributed by atoms with van der Waals surface area (Å²) in [6.07, 6.45) is 1.29. The van der Waals surface area contributed by atoms with E-state index in [1.165, 1.54) is 12.1 Å². The first-order valence-electron chi connectivity index (χ1n) is 8.85. The van der Waals surface area contributed by atoms with Gasteiger partial charge in [-0.25, -0.2) is 8.42 Å². The van der Waals surface area contributed by atoms with Crippen LogP contribution in [-0.4, -0.2) is 77.8 Å². The van der Waals surface area contributed by atoms with E-state index in [9.17, 15) is 18.6 Å². The normalized spacial score (nSPS) is 23.8. The van der Waals surface area contributed by atoms with Crippen molar-refractivity contribution in [1.82, 2.24) is 14.2 Å². The van der Waals surface area contributed by atoms with Gasteiger partial charge in [0, 0.05) is 44.5 Å². The Morgan fingerprint density at radius 3 is 2.59 bits per heavy atom. The molecule has 1 saturated heterocycles. The summed E-state index contributed by atoms with van der Waals surface area (Å²) in [4.78, 5) is 6.31. The van der Waals surface area contributed by atoms with Crippen LogP contribution in [0.15, 0.2) is 59.6 Å². The number of pyridine rings is 1. The van der Waals surface area contributed by atoms with Gasteiger partial charge >= 0.3 is 0 Å². The van der Waals surface area contributed by atoms with Crippen LogP contribution in [-0.2, 0) is 16.4 Å². The Morgan fingerprint density at radius 1 is 1.22 bits per heavy atom. The molecule has 2 N–H and O–H groups in total. The molecule has 1 aliphatic rings. The standard InChI is InChI=1S/C19H25N3O4S/c1-21(12-10-16-7-5-6-11-20-16)14-19(24)15-22(13-18(19)23)27(25,26)17-8-3-2-4-9-17/h2-9,11,18,23-24H,10,12-15H2,1H3/t18-,19+/m1/s1. The fourth-order valence-electron chi connectivity index (χ4n) is 3.32. The van der Waals surface area contributed by atoms with Crippen LogP contribution in [0.4, 0.5) is 0 Å². The van der Waals surface area contributed by atoms with Gasteiger partial charge in [-0.05, 0) is 31.3 Å². The highest BCUT2D eigenvalue weighted by atomic mass is 32.2. The molecule has 2 aromatic rings. The molecule has 1 aromatic heterocycles. The molecule has 3 rings (SSSR count). The van der Waals surface area contributed by atoms with Gasteiger partial charge in [-0.15, -0.1) is 0 Å². The van der Waals surface area contributed by atoms with Gasteiger partial charge in [0.1, 0.15) is 5.60 Å². The van der Waals surface area contributed by atoms with E-state index in [0.29, 0.717) is 13.0 Å². The Hall–Kier alpha value is -1.84. The summed E-state index contributed by atoms with van der Waals surface area (Å²) in [5.41, 5.74) is -0.572. The fourth-order valence-corrected chi connectivity index (χ4v) is 4.85. The Kier molecular flexibility index (Phi) is 5.92. The van der Waals surface area contributed by atoms with E-state index in [2.05, 4.69) is 4.98 Å². The minimum atomic E-state index is -3.75. The molecule has 146 valence electrons. The minimum Gasteiger partial charge on any atom is -0.389 e. The number of hydrogen-bond acceptors (Lipinski definition) is 6. The Balaban J connectivity index is 1.64. The Morgan fingerprint density at radius 2 is 1.93 bits per heavy atom. The first-order valence-corrected chi connectivity index (χ1v) is 10.3. The number of benzene rings is 1. The van der Waals surface area contributed by atoms with Crippen LogP contribution in [0.3, 0.4) is 0 Å². The molecule has 1 aromatic carbocycles. The lowest BCUT2D eigenvalue weighted by Gasteiger charge is -2.31. The third-order valence-corrected chi connectivity index (χ3v) is 6.67. The zero-order valence-corrected chi connectivity index (χ0v) is 16.1. The summed E-state index contributed by atoms with van der Waals surface area (Å²) in [7, 11) is -1.91. The molecule has 0 spiro atoms. The molecule has 0 radical (unpaired) electrons. The number of hydrogen-bond donors (Lipinski definition) is 2. The highest BCUT2D eigenvalue weighted by Crippen LogP contribution is 2.28. The van der Waals surface area contributed by atoms with Crippen LogP contribution in [0, 0.1) is 0 Å². The quantitative estimate of drug-likeness (QED) is 0.708. The zero-order valence-electron chi connectivity index (χ0n) is 15.3. The molecule has 2 atom stereocenters. The number of aliphatic hydroxyl groups is 2. The lowest BCUT2D eigenvalue weighted by molar-refractivity contribution is -0.0570. The zero-order chi connectivity index (χ0) is 19.5. The molecule has 1 fully saturated rings. The van der Waals surface area contributed by atoms with E-state index >= 15 is 0 Å². The summed E-state index contributed by atoms with van der Waals surface area (Å²) < 4.78 is 26.6. The average Bonchev–Trinajstić information content (AvgIpc) is 2.97. The molecular weight excluding hydrogens is 366 g/mol. The number of β-amino-alcohol motifs (C(OH)–C–C–N with tert-alkyl or cyclic N) is 2. The van der Waals surface area contributed by atoms with Gasteiger partial charge < -0.3 is 15.1 Å². The van der Waals surface area contributed by atoms with E-state index in [0.717, 1.165) is 10.00 Å². The first kappa shape index (κ1) is 19.9. The average molecular weight is 391 g/mol. The summed E-state index contributed by atoms with van der Waals surface area (Å²) >= 11 is 0. The van der Waals surface area contributed by atoms with Crippen molar-refractivity contribution in [2.24, 2.45) is 0 Å². The molecule has 0 bridgehead atoms. The van der Waals surface area contributed by atoms with Crippen LogP contribution in [0.1, 0.15) is 5.69 Å². The highest BCUT2D eigenvalue weighted by molar-refractivity contribution is 7.89. The number of rotatable bonds is 7. The van der Waals surface area contributed by atoms with E-state index < -0.39 is 21.7 Å². The second-order valence-electron chi connectivity index (χ2n) is 7.04. The second-order valence-corrected chi connectivity index (χ2v) is 8.98. The summed E-state index contributed by atoms with van der Waals surface area (Å²) in [6.45, 7) is 0.542. The van der Waals surface area contributed by atoms with Crippen LogP contribution < -0.4 is 0 Å². The fraction of sp³-hybridized carbons (Fsp3) is 0.421. The van der Waals surface area contributed by atoms with Crippen molar-refractivity contribution in [1.29, 1.82) is 0 Å². The molecule has 27 heavy (non-hydrogen) atoms. The maximum atomic E-state index is 12.7. The second kappa shape index (κ2) is 8.04. The van der Waals surface area contributed by atoms with Gasteiger partial charge in [-0.3, -0.25) is 4.98 Å². The number of sulfonamides is 1. The van der Waals surface area contributed by atoms with Crippen LogP contribution in [0.25, 0.3) is 0 Å². The van der Waals surface area contributed by atoms with E-state index in [4.69, 9.17) is 0 Å². The SMILES string of the molecule is CN(CCc1ccccn1)C[C@]1(O)CN(S(=O)(=O)c2ccccc2)C[C@H]1O. The number of aliphatic hydroxyl groups excluding tert-OH is 1. The first-order chi connectivity index (χ1) is 12.8. The van der Waals surface area contributed by atoms with Crippen LogP contribution in [0.2, 0.25) is 0 Å². The maximum absolute atomic E-state index is 12.7. The summed E-state index contributed by atoms with van der Waals surface area (Å²) in [6, 6.07) is 13.8. The predicted octanol–water partition coefficient (Wildman–Crippen LogP) is 0.352. The molecule has 0 aliphatic carbocycles. The molecule has 1 aliphatic heterocycles. The van der Waals surface area contributed by atoms with Gasteiger partial charge in [0.25, 0.3) is 0 Å². The number of aromatic nitrogens is 1. The van der Waals surface area contributed by atoms with Crippen molar-refractivity contribution in [3.8, 4) is 0 Å². The third-order valence-electron chi connectivity index (χ3n) is 4.85. The monoisotopic (exact) mass is 391 g/mol. The van der Waals surface area contributed by atoms with Crippen molar-refractivity contribution in [3.63, 3.8) is 0 Å². The van der Waals surface area contributed by atoms with E-state index in [-0.39, 0.29) is 24.5 Å². The highest BCUT2D eigenvalue weighted by Gasteiger charge is 2.49. The van der Waals surface area contributed by atoms with Gasteiger partial charge in [0.2, 0.25) is 10.0 Å². The third kappa shape index (κ3) is 4.53. The Bertz CT molecular complexity index is 848. The summed E-state index contributed by atoms with van der Waals surface area (Å²) in [5, 5.41) is 21.3. The van der Waals surface area contributed by atoms with Gasteiger partial charge in [0.15, 0.2) is 0 Å². The smallest absolute Gasteiger partial charge is 0.243 e. The topological polar surface area (TPSA) is 94.0 Å². The van der Waals surface area contributed by atoms with E-state index in [1.54, 1.807) is 24.4 Å². The van der Waals surface area contributed by atoms with E-state index in [1.807, 2.05) is 30.1 Å². The molecular formula is C19H25N3O4S. The lowest BCUT2D eigenvalue weighted by Crippen LogP contribution is -2.51. The molecule has 0 unspecified atom stereocenters. The van der Waals surface area contributed by atoms with Crippen molar-refractivity contribution >= 4 is 10.0 Å². The minimum absolute atomic E-state index is 0.123. The Labute approximate surface area is 159 Å². The van der Waals surface area contributed by atoms with Crippen LogP contribution >= 0.6 is 0 Å².